The molecule has 0 amide bonds. The zero-order valence-corrected chi connectivity index (χ0v) is 18.3. The van der Waals surface area contributed by atoms with Crippen molar-refractivity contribution in [3.8, 4) is 34.8 Å². The van der Waals surface area contributed by atoms with Crippen molar-refractivity contribution in [1.82, 2.24) is 10.3 Å². The number of ketones is 1. The molecule has 0 aliphatic carbocycles. The molecule has 0 spiro atoms. The number of hydrogen-bond donors (Lipinski definition) is 2. The minimum atomic E-state index is -0.936. The molecule has 12 heteroatoms. The van der Waals surface area contributed by atoms with Gasteiger partial charge in [0.15, 0.2) is 5.95 Å². The van der Waals surface area contributed by atoms with Crippen LogP contribution in [0.15, 0.2) is 51.6 Å². The maximum atomic E-state index is 13.5. The van der Waals surface area contributed by atoms with Crippen molar-refractivity contribution in [1.29, 1.82) is 5.26 Å². The van der Waals surface area contributed by atoms with Crippen molar-refractivity contribution in [2.75, 3.05) is 18.6 Å². The minimum Gasteiger partial charge on any atom is -0.539 e. The molecule has 0 saturated carbocycles. The Morgan fingerprint density at radius 3 is 2.68 bits per heavy atom. The van der Waals surface area contributed by atoms with Gasteiger partial charge in [-0.15, -0.1) is 11.3 Å². The maximum absolute atomic E-state index is 13.5. The molecule has 4 aromatic heterocycles. The van der Waals surface area contributed by atoms with Gasteiger partial charge in [0.2, 0.25) is 5.69 Å². The van der Waals surface area contributed by atoms with Crippen LogP contribution in [0.5, 0.6) is 11.7 Å². The molecule has 4 heterocycles. The Kier molecular flexibility index (Phi) is 4.88. The number of nitrogens with zero attached hydrogens (tertiary/aromatic N) is 4. The number of nitriles is 1. The number of ether oxygens (including phenoxy) is 1. The first-order chi connectivity index (χ1) is 16.4. The van der Waals surface area contributed by atoms with Gasteiger partial charge in [-0.05, 0) is 28.9 Å². The fourth-order valence-electron chi connectivity index (χ4n) is 3.56. The standard InChI is InChI=1S/C22H14N6O5S/c1-31-11-6-4-10(5-7-11)28-17(22(30)33-27-28)18(29)19-16(24)15-14(13-3-2-8-32-13)12(9-23)20(25)26-21(15)34-19/h2-8H,1H3,(H4-,24,25,26,27,29,30). The second-order valence-corrected chi connectivity index (χ2v) is 8.01. The molecule has 0 radical (unpaired) electrons. The number of nitrogens with two attached hydrogens (primary N) is 2. The quantitative estimate of drug-likeness (QED) is 0.283. The van der Waals surface area contributed by atoms with E-state index in [2.05, 4.69) is 10.3 Å². The Morgan fingerprint density at radius 1 is 1.26 bits per heavy atom. The van der Waals surface area contributed by atoms with E-state index in [1.165, 1.54) is 13.4 Å². The highest BCUT2D eigenvalue weighted by Crippen LogP contribution is 2.43. The summed E-state index contributed by atoms with van der Waals surface area (Å²) < 4.78 is 16.5. The number of anilines is 2. The van der Waals surface area contributed by atoms with Crippen LogP contribution >= 0.6 is 11.3 Å². The van der Waals surface area contributed by atoms with Crippen LogP contribution in [0.4, 0.5) is 11.5 Å². The molecular weight excluding hydrogens is 460 g/mol. The van der Waals surface area contributed by atoms with Crippen molar-refractivity contribution in [3.05, 3.63) is 58.8 Å². The summed E-state index contributed by atoms with van der Waals surface area (Å²) in [6, 6.07) is 11.8. The zero-order chi connectivity index (χ0) is 24.0. The predicted octanol–water partition coefficient (Wildman–Crippen LogP) is 2.17. The number of pyridine rings is 1. The number of fused-ring (bicyclic) bond motifs is 1. The molecule has 5 rings (SSSR count). The van der Waals surface area contributed by atoms with Gasteiger partial charge in [0, 0.05) is 17.5 Å². The average molecular weight is 474 g/mol. The normalized spacial score (nSPS) is 10.9. The second-order valence-electron chi connectivity index (χ2n) is 7.01. The summed E-state index contributed by atoms with van der Waals surface area (Å²) in [7, 11) is 1.52. The SMILES string of the molecule is COc1ccc(-[n+]2noc([O-])c2C(=O)c2sc3nc(N)c(C#N)c(-c4ccco4)c3c2N)cc1. The summed E-state index contributed by atoms with van der Waals surface area (Å²) in [5.74, 6) is -0.773. The summed E-state index contributed by atoms with van der Waals surface area (Å²) >= 11 is 0.935. The highest BCUT2D eigenvalue weighted by Gasteiger charge is 2.33. The summed E-state index contributed by atoms with van der Waals surface area (Å²) in [5, 5.41) is 26.2. The van der Waals surface area contributed by atoms with Crippen molar-refractivity contribution in [2.45, 2.75) is 0 Å². The lowest BCUT2D eigenvalue weighted by molar-refractivity contribution is -0.672. The Balaban J connectivity index is 1.71. The van der Waals surface area contributed by atoms with Crippen LogP contribution in [0.3, 0.4) is 0 Å². The number of hydrogen-bond acceptors (Lipinski definition) is 11. The van der Waals surface area contributed by atoms with Crippen molar-refractivity contribution < 1.29 is 28.3 Å². The van der Waals surface area contributed by atoms with Crippen molar-refractivity contribution in [2.24, 2.45) is 0 Å². The number of aromatic nitrogens is 3. The first-order valence-electron chi connectivity index (χ1n) is 9.68. The smallest absolute Gasteiger partial charge is 0.312 e. The van der Waals surface area contributed by atoms with E-state index in [1.807, 2.05) is 6.07 Å². The monoisotopic (exact) mass is 474 g/mol. The van der Waals surface area contributed by atoms with Crippen LogP contribution in [-0.2, 0) is 0 Å². The third kappa shape index (κ3) is 3.11. The topological polar surface area (TPSA) is 181 Å². The molecule has 0 atom stereocenters. The number of benzene rings is 1. The third-order valence-electron chi connectivity index (χ3n) is 5.13. The van der Waals surface area contributed by atoms with Gasteiger partial charge in [-0.1, -0.05) is 0 Å². The molecule has 168 valence electrons. The van der Waals surface area contributed by atoms with E-state index in [0.717, 1.165) is 16.0 Å². The van der Waals surface area contributed by atoms with E-state index in [9.17, 15) is 15.2 Å². The molecule has 4 N–H and O–H groups in total. The van der Waals surface area contributed by atoms with Crippen molar-refractivity contribution in [3.63, 3.8) is 0 Å². The number of nitrogen functional groups attached to an aromatic ring is 2. The Hall–Kier alpha value is -4.89. The predicted molar refractivity (Wildman–Crippen MR) is 118 cm³/mol. The maximum Gasteiger partial charge on any atom is 0.312 e. The first kappa shape index (κ1) is 21.0. The van der Waals surface area contributed by atoms with E-state index < -0.39 is 11.7 Å². The van der Waals surface area contributed by atoms with E-state index in [0.29, 0.717) is 33.0 Å². The molecule has 0 saturated heterocycles. The van der Waals surface area contributed by atoms with Gasteiger partial charge in [0.05, 0.1) is 29.9 Å². The molecule has 0 bridgehead atoms. The summed E-state index contributed by atoms with van der Waals surface area (Å²) in [4.78, 5) is 18.1. The van der Waals surface area contributed by atoms with E-state index >= 15 is 0 Å². The van der Waals surface area contributed by atoms with Gasteiger partial charge in [-0.25, -0.2) is 4.98 Å². The minimum absolute atomic E-state index is 0.0207. The number of carbonyl (C=O) groups is 1. The molecule has 0 unspecified atom stereocenters. The Labute approximate surface area is 195 Å². The lowest BCUT2D eigenvalue weighted by Gasteiger charge is -2.06. The van der Waals surface area contributed by atoms with E-state index in [-0.39, 0.29) is 27.6 Å². The van der Waals surface area contributed by atoms with Gasteiger partial charge in [0.25, 0.3) is 5.78 Å². The molecule has 0 aliphatic heterocycles. The Bertz CT molecular complexity index is 1600. The van der Waals surface area contributed by atoms with Crippen LogP contribution in [0.1, 0.15) is 20.9 Å². The number of thiophene rings is 1. The number of methoxy groups -OCH3 is 1. The fourth-order valence-corrected chi connectivity index (χ4v) is 4.62. The molecule has 34 heavy (non-hydrogen) atoms. The molecule has 1 aromatic carbocycles. The highest BCUT2D eigenvalue weighted by molar-refractivity contribution is 7.21. The molecule has 0 fully saturated rings. The summed E-state index contributed by atoms with van der Waals surface area (Å²) in [5.41, 5.74) is 12.8. The van der Waals surface area contributed by atoms with Gasteiger partial charge in [0.1, 0.15) is 38.7 Å². The van der Waals surface area contributed by atoms with E-state index in [4.69, 9.17) is 25.1 Å². The third-order valence-corrected chi connectivity index (χ3v) is 6.23. The number of furan rings is 1. The summed E-state index contributed by atoms with van der Waals surface area (Å²) in [6.45, 7) is 0. The largest absolute Gasteiger partial charge is 0.539 e. The molecule has 0 aliphatic rings. The summed E-state index contributed by atoms with van der Waals surface area (Å²) in [6.07, 6.45) is 1.44. The van der Waals surface area contributed by atoms with Crippen LogP contribution in [0.2, 0.25) is 0 Å². The zero-order valence-electron chi connectivity index (χ0n) is 17.4. The molecule has 5 aromatic rings. The molecule has 11 nitrogen and oxygen atoms in total. The van der Waals surface area contributed by atoms with Gasteiger partial charge in [-0.2, -0.15) is 5.26 Å². The highest BCUT2D eigenvalue weighted by atomic mass is 32.1. The lowest BCUT2D eigenvalue weighted by Crippen LogP contribution is -2.39. The van der Waals surface area contributed by atoms with Crippen LogP contribution in [0, 0.1) is 11.3 Å². The number of rotatable bonds is 5. The first-order valence-corrected chi connectivity index (χ1v) is 10.5. The second kappa shape index (κ2) is 7.91. The van der Waals surface area contributed by atoms with Crippen LogP contribution in [-0.4, -0.2) is 23.1 Å². The lowest BCUT2D eigenvalue weighted by atomic mass is 10.0. The van der Waals surface area contributed by atoms with Crippen LogP contribution < -0.4 is 26.0 Å². The number of carbonyl (C=O) groups excluding carboxylic acids is 1. The molecular formula is C22H14N6O5S. The van der Waals surface area contributed by atoms with Gasteiger partial charge in [-0.3, -0.25) is 4.79 Å². The fraction of sp³-hybridized carbons (Fsp3) is 0.0455. The van der Waals surface area contributed by atoms with Crippen molar-refractivity contribution >= 4 is 38.8 Å². The Morgan fingerprint density at radius 2 is 2.03 bits per heavy atom. The van der Waals surface area contributed by atoms with Gasteiger partial charge < -0.3 is 30.3 Å². The van der Waals surface area contributed by atoms with Crippen LogP contribution in [0.25, 0.3) is 27.2 Å². The average Bonchev–Trinajstić information content (AvgIpc) is 3.57. The van der Waals surface area contributed by atoms with Gasteiger partial charge >= 0.3 is 5.69 Å². The van der Waals surface area contributed by atoms with E-state index in [1.54, 1.807) is 36.4 Å².